The number of aromatic nitrogens is 2. The second kappa shape index (κ2) is 11.7. The maximum absolute atomic E-state index is 14.7. The van der Waals surface area contributed by atoms with Gasteiger partial charge in [0, 0.05) is 18.5 Å². The van der Waals surface area contributed by atoms with E-state index in [9.17, 15) is 37.7 Å². The van der Waals surface area contributed by atoms with E-state index in [-0.39, 0.29) is 11.3 Å². The second-order valence-electron chi connectivity index (χ2n) is 8.70. The van der Waals surface area contributed by atoms with Gasteiger partial charge >= 0.3 is 12.3 Å². The van der Waals surface area contributed by atoms with Crippen molar-refractivity contribution in [3.63, 3.8) is 0 Å². The highest BCUT2D eigenvalue weighted by Crippen LogP contribution is 2.40. The zero-order chi connectivity index (χ0) is 28.4. The standard InChI is InChI=1S/C23H28F4N2O9/c1-10(2)29-19(23(25,26)27)13(7-11-5-6-12(34-3)8-14(11)24)20(28-29)38-21-18(32)17(31)16(30)15(37-21)9-36-22(33)35-4/h5-6,8,10,15-18,21,30-32H,7,9H2,1-4H3/t15-,16-,17+,18-,21+/m1/s1. The van der Waals surface area contributed by atoms with Gasteiger partial charge in [-0.1, -0.05) is 6.07 Å². The molecule has 0 amide bonds. The number of carbonyl (C=O) groups excluding carboxylic acids is 1. The van der Waals surface area contributed by atoms with Crippen LogP contribution in [0.25, 0.3) is 0 Å². The lowest BCUT2D eigenvalue weighted by atomic mass is 9.99. The molecule has 1 aromatic heterocycles. The number of hydrogen-bond acceptors (Lipinski definition) is 10. The number of ether oxygens (including phenoxy) is 5. The van der Waals surface area contributed by atoms with Gasteiger partial charge in [0.1, 0.15) is 48.3 Å². The van der Waals surface area contributed by atoms with Crippen LogP contribution in [0.2, 0.25) is 0 Å². The van der Waals surface area contributed by atoms with Gasteiger partial charge in [-0.25, -0.2) is 9.18 Å². The van der Waals surface area contributed by atoms with E-state index in [2.05, 4.69) is 9.84 Å². The van der Waals surface area contributed by atoms with Crippen molar-refractivity contribution in [2.24, 2.45) is 0 Å². The highest BCUT2D eigenvalue weighted by molar-refractivity contribution is 5.59. The molecule has 212 valence electrons. The topological polar surface area (TPSA) is 142 Å². The predicted octanol–water partition coefficient (Wildman–Crippen LogP) is 2.19. The second-order valence-corrected chi connectivity index (χ2v) is 8.70. The van der Waals surface area contributed by atoms with Crippen LogP contribution in [-0.4, -0.2) is 82.8 Å². The van der Waals surface area contributed by atoms with E-state index in [1.54, 1.807) is 0 Å². The number of aliphatic hydroxyl groups excluding tert-OH is 3. The van der Waals surface area contributed by atoms with Crippen LogP contribution in [0, 0.1) is 5.82 Å². The molecule has 2 aromatic rings. The first kappa shape index (κ1) is 29.4. The maximum atomic E-state index is 14.7. The largest absolute Gasteiger partial charge is 0.508 e. The van der Waals surface area contributed by atoms with E-state index in [4.69, 9.17) is 18.9 Å². The minimum Gasteiger partial charge on any atom is -0.497 e. The van der Waals surface area contributed by atoms with Crippen molar-refractivity contribution in [1.29, 1.82) is 0 Å². The Morgan fingerprint density at radius 1 is 1.16 bits per heavy atom. The van der Waals surface area contributed by atoms with Crippen LogP contribution in [0.15, 0.2) is 18.2 Å². The minimum atomic E-state index is -4.93. The summed E-state index contributed by atoms with van der Waals surface area (Å²) in [5, 5.41) is 34.8. The normalized spacial score (nSPS) is 23.8. The summed E-state index contributed by atoms with van der Waals surface area (Å²) >= 11 is 0. The number of methoxy groups -OCH3 is 2. The van der Waals surface area contributed by atoms with E-state index in [1.807, 2.05) is 0 Å². The van der Waals surface area contributed by atoms with Gasteiger partial charge in [-0.3, -0.25) is 4.68 Å². The van der Waals surface area contributed by atoms with Gasteiger partial charge in [-0.15, -0.1) is 5.10 Å². The molecule has 0 bridgehead atoms. The van der Waals surface area contributed by atoms with Crippen molar-refractivity contribution in [2.75, 3.05) is 20.8 Å². The Morgan fingerprint density at radius 2 is 1.84 bits per heavy atom. The van der Waals surface area contributed by atoms with Crippen LogP contribution >= 0.6 is 0 Å². The van der Waals surface area contributed by atoms with Gasteiger partial charge < -0.3 is 39.0 Å². The van der Waals surface area contributed by atoms with Crippen LogP contribution in [-0.2, 0) is 26.8 Å². The molecule has 3 rings (SSSR count). The first-order valence-electron chi connectivity index (χ1n) is 11.4. The molecular weight excluding hydrogens is 524 g/mol. The fourth-order valence-electron chi connectivity index (χ4n) is 3.84. The van der Waals surface area contributed by atoms with E-state index >= 15 is 0 Å². The number of benzene rings is 1. The molecule has 1 saturated heterocycles. The Balaban J connectivity index is 2.02. The molecule has 15 heteroatoms. The van der Waals surface area contributed by atoms with Gasteiger partial charge in [0.25, 0.3) is 0 Å². The van der Waals surface area contributed by atoms with Crippen molar-refractivity contribution in [1.82, 2.24) is 9.78 Å². The highest BCUT2D eigenvalue weighted by atomic mass is 19.4. The summed E-state index contributed by atoms with van der Waals surface area (Å²) in [6, 6.07) is 2.82. The van der Waals surface area contributed by atoms with Gasteiger partial charge in [0.15, 0.2) is 0 Å². The SMILES string of the molecule is COC(=O)OC[C@H]1O[C@@H](Oc2nn(C(C)C)c(C(F)(F)F)c2Cc2ccc(OC)cc2F)[C@H](O)[C@@H](O)[C@@H]1O. The number of hydrogen-bond donors (Lipinski definition) is 3. The Labute approximate surface area is 214 Å². The summed E-state index contributed by atoms with van der Waals surface area (Å²) in [6.07, 6.45) is -15.6. The summed E-state index contributed by atoms with van der Waals surface area (Å²) in [6.45, 7) is 2.24. The number of halogens is 4. The summed E-state index contributed by atoms with van der Waals surface area (Å²) in [7, 11) is 2.33. The lowest BCUT2D eigenvalue weighted by Gasteiger charge is -2.39. The third-order valence-electron chi connectivity index (χ3n) is 5.79. The van der Waals surface area contributed by atoms with Crippen LogP contribution < -0.4 is 9.47 Å². The summed E-state index contributed by atoms with van der Waals surface area (Å²) in [5.41, 5.74) is -1.91. The van der Waals surface area contributed by atoms with Crippen LogP contribution in [0.1, 0.15) is 36.7 Å². The Hall–Kier alpha value is -3.14. The molecule has 3 N–H and O–H groups in total. The van der Waals surface area contributed by atoms with Gasteiger partial charge in [-0.05, 0) is 25.5 Å². The Morgan fingerprint density at radius 3 is 2.39 bits per heavy atom. The molecule has 0 unspecified atom stereocenters. The predicted molar refractivity (Wildman–Crippen MR) is 119 cm³/mol. The zero-order valence-corrected chi connectivity index (χ0v) is 20.8. The molecule has 38 heavy (non-hydrogen) atoms. The van der Waals surface area contributed by atoms with E-state index in [1.165, 1.54) is 33.1 Å². The van der Waals surface area contributed by atoms with Crippen LogP contribution in [0.3, 0.4) is 0 Å². The molecule has 1 aliphatic heterocycles. The monoisotopic (exact) mass is 552 g/mol. The van der Waals surface area contributed by atoms with Gasteiger partial charge in [0.05, 0.1) is 19.8 Å². The average molecular weight is 552 g/mol. The number of nitrogens with zero attached hydrogens (tertiary/aromatic N) is 2. The van der Waals surface area contributed by atoms with Crippen LogP contribution in [0.4, 0.5) is 22.4 Å². The molecule has 11 nitrogen and oxygen atoms in total. The smallest absolute Gasteiger partial charge is 0.497 e. The third-order valence-corrected chi connectivity index (χ3v) is 5.79. The zero-order valence-electron chi connectivity index (χ0n) is 20.8. The first-order chi connectivity index (χ1) is 17.8. The molecule has 2 heterocycles. The molecule has 0 saturated carbocycles. The fourth-order valence-corrected chi connectivity index (χ4v) is 3.84. The average Bonchev–Trinajstić information content (AvgIpc) is 3.23. The number of alkyl halides is 3. The van der Waals surface area contributed by atoms with Crippen molar-refractivity contribution >= 4 is 6.16 Å². The van der Waals surface area contributed by atoms with Crippen molar-refractivity contribution in [2.45, 2.75) is 63.2 Å². The molecule has 0 spiro atoms. The van der Waals surface area contributed by atoms with E-state index in [0.717, 1.165) is 13.2 Å². The number of aliphatic hydroxyl groups is 3. The van der Waals surface area contributed by atoms with Crippen molar-refractivity contribution < 1.29 is 61.4 Å². The molecule has 0 aliphatic carbocycles. The first-order valence-corrected chi connectivity index (χ1v) is 11.4. The lowest BCUT2D eigenvalue weighted by Crippen LogP contribution is -2.60. The van der Waals surface area contributed by atoms with Gasteiger partial charge in [-0.2, -0.15) is 13.2 Å². The molecule has 1 aliphatic rings. The molecule has 0 radical (unpaired) electrons. The molecule has 1 fully saturated rings. The van der Waals surface area contributed by atoms with Crippen molar-refractivity contribution in [3.8, 4) is 11.6 Å². The Bertz CT molecular complexity index is 1130. The van der Waals surface area contributed by atoms with Crippen LogP contribution in [0.5, 0.6) is 11.6 Å². The van der Waals surface area contributed by atoms with E-state index < -0.39 is 85.1 Å². The molecule has 1 aromatic carbocycles. The van der Waals surface area contributed by atoms with Gasteiger partial charge in [0.2, 0.25) is 12.2 Å². The summed E-state index contributed by atoms with van der Waals surface area (Å²) in [4.78, 5) is 11.3. The van der Waals surface area contributed by atoms with Crippen molar-refractivity contribution in [3.05, 3.63) is 40.8 Å². The summed E-state index contributed by atoms with van der Waals surface area (Å²) in [5.74, 6) is -1.34. The quantitative estimate of drug-likeness (QED) is 0.330. The number of carbonyl (C=O) groups is 1. The van der Waals surface area contributed by atoms with E-state index in [0.29, 0.717) is 4.68 Å². The maximum Gasteiger partial charge on any atom is 0.508 e. The summed E-state index contributed by atoms with van der Waals surface area (Å²) < 4.78 is 82.8. The lowest BCUT2D eigenvalue weighted by molar-refractivity contribution is -0.278. The Kier molecular flexibility index (Phi) is 9.07. The minimum absolute atomic E-state index is 0.130. The number of rotatable bonds is 8. The fraction of sp³-hybridized carbons (Fsp3) is 0.565. The molecular formula is C23H28F4N2O9. The third kappa shape index (κ3) is 6.28. The highest BCUT2D eigenvalue weighted by Gasteiger charge is 2.47. The molecule has 5 atom stereocenters.